The molecule has 0 saturated carbocycles. The molecule has 3 heterocycles. The summed E-state index contributed by atoms with van der Waals surface area (Å²) >= 11 is 0. The number of nitrogens with two attached hydrogens (primary N) is 1. The predicted octanol–water partition coefficient (Wildman–Crippen LogP) is 0.668. The molecule has 1 aromatic rings. The van der Waals surface area contributed by atoms with E-state index in [0.717, 1.165) is 12.8 Å². The number of fused-ring (bicyclic) bond motifs is 1. The molecule has 2 aliphatic rings. The standard InChI is InChI=1S/C18H25N3O4/c1-11-9-16(23)25-12(2)17(11)18(24)20-7-5-14-13(10-20)3-4-15(22)21(14)8-6-19/h9,13-14H,3-8,10,19H2,1-2H3/t13-,14+/m0/s1. The van der Waals surface area contributed by atoms with Crippen LogP contribution in [0, 0.1) is 19.8 Å². The first-order valence-corrected chi connectivity index (χ1v) is 8.82. The van der Waals surface area contributed by atoms with Gasteiger partial charge in [-0.25, -0.2) is 4.79 Å². The monoisotopic (exact) mass is 347 g/mol. The Labute approximate surface area is 146 Å². The third-order valence-corrected chi connectivity index (χ3v) is 5.35. The summed E-state index contributed by atoms with van der Waals surface area (Å²) in [6.07, 6.45) is 2.08. The Bertz CT molecular complexity index is 716. The molecule has 7 heteroatoms. The van der Waals surface area contributed by atoms with Gasteiger partial charge >= 0.3 is 5.63 Å². The van der Waals surface area contributed by atoms with Gasteiger partial charge in [0.05, 0.1) is 5.56 Å². The van der Waals surface area contributed by atoms with E-state index < -0.39 is 5.63 Å². The van der Waals surface area contributed by atoms with E-state index in [1.807, 2.05) is 9.80 Å². The number of hydrogen-bond acceptors (Lipinski definition) is 5. The summed E-state index contributed by atoms with van der Waals surface area (Å²) < 4.78 is 5.10. The Morgan fingerprint density at radius 2 is 2.08 bits per heavy atom. The Morgan fingerprint density at radius 1 is 1.32 bits per heavy atom. The van der Waals surface area contributed by atoms with Gasteiger partial charge in [0.15, 0.2) is 0 Å². The van der Waals surface area contributed by atoms with Gasteiger partial charge in [-0.1, -0.05) is 0 Å². The second-order valence-corrected chi connectivity index (χ2v) is 6.96. The molecule has 0 unspecified atom stereocenters. The number of carbonyl (C=O) groups excluding carboxylic acids is 2. The average Bonchev–Trinajstić information content (AvgIpc) is 2.56. The number of piperidine rings is 2. The molecule has 2 N–H and O–H groups in total. The third kappa shape index (κ3) is 3.33. The van der Waals surface area contributed by atoms with Crippen molar-refractivity contribution < 1.29 is 14.0 Å². The summed E-state index contributed by atoms with van der Waals surface area (Å²) in [6, 6.07) is 1.53. The fourth-order valence-corrected chi connectivity index (χ4v) is 4.20. The van der Waals surface area contributed by atoms with Crippen LogP contribution >= 0.6 is 0 Å². The molecule has 2 aliphatic heterocycles. The van der Waals surface area contributed by atoms with Gasteiger partial charge in [-0.05, 0) is 38.2 Å². The first-order chi connectivity index (χ1) is 11.9. The van der Waals surface area contributed by atoms with E-state index in [2.05, 4.69) is 0 Å². The van der Waals surface area contributed by atoms with E-state index in [4.69, 9.17) is 10.2 Å². The highest BCUT2D eigenvalue weighted by molar-refractivity contribution is 5.96. The van der Waals surface area contributed by atoms with Gasteiger partial charge < -0.3 is 20.0 Å². The van der Waals surface area contributed by atoms with Crippen LogP contribution in [-0.2, 0) is 4.79 Å². The molecule has 2 amide bonds. The summed E-state index contributed by atoms with van der Waals surface area (Å²) in [5.74, 6) is 0.710. The van der Waals surface area contributed by atoms with Gasteiger partial charge in [0.25, 0.3) is 5.91 Å². The highest BCUT2D eigenvalue weighted by Crippen LogP contribution is 2.32. The molecule has 0 aromatic carbocycles. The molecule has 0 radical (unpaired) electrons. The first-order valence-electron chi connectivity index (χ1n) is 8.82. The summed E-state index contributed by atoms with van der Waals surface area (Å²) in [5.41, 5.74) is 6.33. The van der Waals surface area contributed by atoms with Crippen LogP contribution in [0.2, 0.25) is 0 Å². The minimum absolute atomic E-state index is 0.0977. The summed E-state index contributed by atoms with van der Waals surface area (Å²) in [4.78, 5) is 40.3. The fraction of sp³-hybridized carbons (Fsp3) is 0.611. The minimum atomic E-state index is -0.437. The summed E-state index contributed by atoms with van der Waals surface area (Å²) in [7, 11) is 0. The van der Waals surface area contributed by atoms with E-state index >= 15 is 0 Å². The zero-order valence-corrected chi connectivity index (χ0v) is 14.8. The molecule has 25 heavy (non-hydrogen) atoms. The van der Waals surface area contributed by atoms with Crippen LogP contribution in [0.5, 0.6) is 0 Å². The number of hydrogen-bond donors (Lipinski definition) is 1. The van der Waals surface area contributed by atoms with Crippen molar-refractivity contribution in [2.45, 2.75) is 39.2 Å². The van der Waals surface area contributed by atoms with Crippen LogP contribution in [0.25, 0.3) is 0 Å². The molecular weight excluding hydrogens is 322 g/mol. The topological polar surface area (TPSA) is 96.8 Å². The van der Waals surface area contributed by atoms with E-state index in [1.165, 1.54) is 6.07 Å². The van der Waals surface area contributed by atoms with Crippen LogP contribution in [0.3, 0.4) is 0 Å². The van der Waals surface area contributed by atoms with E-state index in [0.29, 0.717) is 49.5 Å². The highest BCUT2D eigenvalue weighted by Gasteiger charge is 2.40. The fourth-order valence-electron chi connectivity index (χ4n) is 4.20. The van der Waals surface area contributed by atoms with Crippen molar-refractivity contribution in [1.29, 1.82) is 0 Å². The van der Waals surface area contributed by atoms with Gasteiger partial charge in [0.2, 0.25) is 5.91 Å². The number of likely N-dealkylation sites (tertiary alicyclic amines) is 2. The first kappa shape index (κ1) is 17.7. The highest BCUT2D eigenvalue weighted by atomic mass is 16.4. The van der Waals surface area contributed by atoms with Crippen molar-refractivity contribution >= 4 is 11.8 Å². The molecule has 136 valence electrons. The van der Waals surface area contributed by atoms with Crippen LogP contribution in [-0.4, -0.2) is 53.8 Å². The maximum atomic E-state index is 13.0. The number of amides is 2. The third-order valence-electron chi connectivity index (χ3n) is 5.35. The van der Waals surface area contributed by atoms with Crippen LogP contribution in [0.15, 0.2) is 15.3 Å². The Morgan fingerprint density at radius 3 is 2.76 bits per heavy atom. The zero-order chi connectivity index (χ0) is 18.1. The van der Waals surface area contributed by atoms with Crippen LogP contribution in [0.4, 0.5) is 0 Å². The smallest absolute Gasteiger partial charge is 0.336 e. The molecule has 2 atom stereocenters. The molecule has 0 spiro atoms. The van der Waals surface area contributed by atoms with E-state index in [-0.39, 0.29) is 23.8 Å². The predicted molar refractivity (Wildman–Crippen MR) is 92.3 cm³/mol. The molecule has 2 saturated heterocycles. The average molecular weight is 347 g/mol. The van der Waals surface area contributed by atoms with Crippen molar-refractivity contribution in [2.24, 2.45) is 11.7 Å². The molecule has 3 rings (SSSR count). The number of carbonyl (C=O) groups is 2. The van der Waals surface area contributed by atoms with Crippen molar-refractivity contribution in [2.75, 3.05) is 26.2 Å². The second-order valence-electron chi connectivity index (χ2n) is 6.96. The molecule has 7 nitrogen and oxygen atoms in total. The number of nitrogens with zero attached hydrogens (tertiary/aromatic N) is 2. The summed E-state index contributed by atoms with van der Waals surface area (Å²) in [6.45, 7) is 5.65. The normalized spacial score (nSPS) is 23.6. The van der Waals surface area contributed by atoms with Gasteiger partial charge in [-0.3, -0.25) is 9.59 Å². The quantitative estimate of drug-likeness (QED) is 0.867. The molecule has 0 aliphatic carbocycles. The van der Waals surface area contributed by atoms with Gasteiger partial charge in [0, 0.05) is 44.7 Å². The SMILES string of the molecule is Cc1cc(=O)oc(C)c1C(=O)N1CC[C@@H]2[C@@H](CCC(=O)N2CCN)C1. The maximum absolute atomic E-state index is 13.0. The second kappa shape index (κ2) is 7.00. The molecular formula is C18H25N3O4. The van der Waals surface area contributed by atoms with Gasteiger partial charge in [-0.15, -0.1) is 0 Å². The van der Waals surface area contributed by atoms with Crippen molar-refractivity contribution in [3.05, 3.63) is 33.4 Å². The van der Waals surface area contributed by atoms with Crippen molar-refractivity contribution in [3.63, 3.8) is 0 Å². The lowest BCUT2D eigenvalue weighted by molar-refractivity contribution is -0.140. The Balaban J connectivity index is 1.78. The lowest BCUT2D eigenvalue weighted by Gasteiger charge is -2.47. The summed E-state index contributed by atoms with van der Waals surface area (Å²) in [5, 5.41) is 0. The molecule has 1 aromatic heterocycles. The van der Waals surface area contributed by atoms with E-state index in [9.17, 15) is 14.4 Å². The largest absolute Gasteiger partial charge is 0.427 e. The maximum Gasteiger partial charge on any atom is 0.336 e. The van der Waals surface area contributed by atoms with Crippen molar-refractivity contribution in [1.82, 2.24) is 9.80 Å². The lowest BCUT2D eigenvalue weighted by Crippen LogP contribution is -2.57. The van der Waals surface area contributed by atoms with Gasteiger partial charge in [-0.2, -0.15) is 0 Å². The van der Waals surface area contributed by atoms with Gasteiger partial charge in [0.1, 0.15) is 5.76 Å². The van der Waals surface area contributed by atoms with E-state index in [1.54, 1.807) is 13.8 Å². The lowest BCUT2D eigenvalue weighted by atomic mass is 9.83. The Hall–Kier alpha value is -2.15. The number of aryl methyl sites for hydroxylation is 2. The number of rotatable bonds is 3. The molecule has 2 fully saturated rings. The van der Waals surface area contributed by atoms with Crippen LogP contribution < -0.4 is 11.4 Å². The van der Waals surface area contributed by atoms with Crippen molar-refractivity contribution in [3.8, 4) is 0 Å². The minimum Gasteiger partial charge on any atom is -0.427 e. The van der Waals surface area contributed by atoms with Crippen LogP contribution in [0.1, 0.15) is 40.9 Å². The zero-order valence-electron chi connectivity index (χ0n) is 14.8. The Kier molecular flexibility index (Phi) is 4.94. The molecule has 0 bridgehead atoms.